The smallest absolute Gasteiger partial charge is 0.253 e. The van der Waals surface area contributed by atoms with E-state index in [0.29, 0.717) is 36.7 Å². The SMILES string of the molecule is O=C(CC1(COc2ccccc2)CCCN(C(=O)c2cccc(Cl)c2)C1)N1CCCCC1. The molecule has 2 aromatic carbocycles. The summed E-state index contributed by atoms with van der Waals surface area (Å²) in [6.45, 7) is 3.26. The molecular formula is C26H31ClN2O3. The van der Waals surface area contributed by atoms with E-state index in [1.54, 1.807) is 24.3 Å². The highest BCUT2D eigenvalue weighted by atomic mass is 35.5. The first-order valence-corrected chi connectivity index (χ1v) is 11.9. The molecule has 0 aliphatic carbocycles. The maximum Gasteiger partial charge on any atom is 0.253 e. The maximum atomic E-state index is 13.2. The fraction of sp³-hybridized carbons (Fsp3) is 0.462. The van der Waals surface area contributed by atoms with Gasteiger partial charge in [-0.1, -0.05) is 35.9 Å². The lowest BCUT2D eigenvalue weighted by atomic mass is 9.77. The summed E-state index contributed by atoms with van der Waals surface area (Å²) in [7, 11) is 0. The van der Waals surface area contributed by atoms with Gasteiger partial charge in [-0.05, 0) is 62.4 Å². The zero-order valence-electron chi connectivity index (χ0n) is 18.5. The number of carbonyl (C=O) groups is 2. The van der Waals surface area contributed by atoms with Gasteiger partial charge in [-0.3, -0.25) is 9.59 Å². The number of benzene rings is 2. The number of hydrogen-bond donors (Lipinski definition) is 0. The van der Waals surface area contributed by atoms with Crippen molar-refractivity contribution in [3.05, 3.63) is 65.2 Å². The number of para-hydroxylation sites is 1. The van der Waals surface area contributed by atoms with E-state index in [9.17, 15) is 9.59 Å². The van der Waals surface area contributed by atoms with Crippen molar-refractivity contribution < 1.29 is 14.3 Å². The molecule has 6 heteroatoms. The largest absolute Gasteiger partial charge is 0.493 e. The van der Waals surface area contributed by atoms with Crippen molar-refractivity contribution in [3.8, 4) is 5.75 Å². The van der Waals surface area contributed by atoms with E-state index in [0.717, 1.165) is 44.5 Å². The van der Waals surface area contributed by atoms with Crippen LogP contribution in [0.3, 0.4) is 0 Å². The van der Waals surface area contributed by atoms with E-state index in [-0.39, 0.29) is 11.8 Å². The predicted molar refractivity (Wildman–Crippen MR) is 126 cm³/mol. The van der Waals surface area contributed by atoms with Crippen molar-refractivity contribution in [1.82, 2.24) is 9.80 Å². The average molecular weight is 455 g/mol. The highest BCUT2D eigenvalue weighted by Crippen LogP contribution is 2.36. The second-order valence-electron chi connectivity index (χ2n) is 9.06. The van der Waals surface area contributed by atoms with Gasteiger partial charge in [0.25, 0.3) is 5.91 Å². The Kier molecular flexibility index (Phi) is 7.36. The lowest BCUT2D eigenvalue weighted by Crippen LogP contribution is -2.51. The Bertz CT molecular complexity index is 930. The quantitative estimate of drug-likeness (QED) is 0.614. The number of piperidine rings is 2. The van der Waals surface area contributed by atoms with Crippen LogP contribution in [0.4, 0.5) is 0 Å². The number of amides is 2. The molecule has 4 rings (SSSR count). The van der Waals surface area contributed by atoms with E-state index < -0.39 is 5.41 Å². The average Bonchev–Trinajstić information content (AvgIpc) is 2.84. The van der Waals surface area contributed by atoms with Gasteiger partial charge in [-0.2, -0.15) is 0 Å². The number of rotatable bonds is 6. The molecule has 2 fully saturated rings. The summed E-state index contributed by atoms with van der Waals surface area (Å²) >= 11 is 6.12. The molecule has 0 aromatic heterocycles. The summed E-state index contributed by atoms with van der Waals surface area (Å²) < 4.78 is 6.16. The van der Waals surface area contributed by atoms with Crippen molar-refractivity contribution in [1.29, 1.82) is 0 Å². The van der Waals surface area contributed by atoms with Gasteiger partial charge >= 0.3 is 0 Å². The van der Waals surface area contributed by atoms with Crippen LogP contribution in [-0.4, -0.2) is 54.4 Å². The van der Waals surface area contributed by atoms with Gasteiger partial charge in [0.05, 0.1) is 6.61 Å². The molecule has 32 heavy (non-hydrogen) atoms. The summed E-state index contributed by atoms with van der Waals surface area (Å²) in [5.41, 5.74) is 0.177. The van der Waals surface area contributed by atoms with Gasteiger partial charge in [0.1, 0.15) is 5.75 Å². The third-order valence-corrected chi connectivity index (χ3v) is 6.78. The van der Waals surface area contributed by atoms with Crippen molar-refractivity contribution in [3.63, 3.8) is 0 Å². The number of ether oxygens (including phenoxy) is 1. The zero-order valence-corrected chi connectivity index (χ0v) is 19.2. The molecule has 2 heterocycles. The number of carbonyl (C=O) groups excluding carboxylic acids is 2. The fourth-order valence-electron chi connectivity index (χ4n) is 4.83. The molecule has 1 atom stereocenters. The van der Waals surface area contributed by atoms with E-state index in [4.69, 9.17) is 16.3 Å². The molecule has 0 radical (unpaired) electrons. The highest BCUT2D eigenvalue weighted by Gasteiger charge is 2.41. The van der Waals surface area contributed by atoms with Crippen molar-refractivity contribution in [2.24, 2.45) is 5.41 Å². The molecule has 2 saturated heterocycles. The molecule has 2 aromatic rings. The topological polar surface area (TPSA) is 49.9 Å². The van der Waals surface area contributed by atoms with E-state index in [1.165, 1.54) is 6.42 Å². The van der Waals surface area contributed by atoms with Gasteiger partial charge in [0, 0.05) is 48.6 Å². The third-order valence-electron chi connectivity index (χ3n) is 6.54. The van der Waals surface area contributed by atoms with Gasteiger partial charge in [-0.15, -0.1) is 0 Å². The first kappa shape index (κ1) is 22.7. The molecule has 0 saturated carbocycles. The number of likely N-dealkylation sites (tertiary alicyclic amines) is 2. The minimum absolute atomic E-state index is 0.0401. The molecular weight excluding hydrogens is 424 g/mol. The number of halogens is 1. The molecule has 5 nitrogen and oxygen atoms in total. The van der Waals surface area contributed by atoms with Crippen LogP contribution in [-0.2, 0) is 4.79 Å². The molecule has 2 aliphatic heterocycles. The lowest BCUT2D eigenvalue weighted by Gasteiger charge is -2.43. The molecule has 2 aliphatic rings. The Morgan fingerprint density at radius 3 is 2.41 bits per heavy atom. The van der Waals surface area contributed by atoms with E-state index in [2.05, 4.69) is 0 Å². The van der Waals surface area contributed by atoms with Crippen LogP contribution in [0.25, 0.3) is 0 Å². The molecule has 0 N–H and O–H groups in total. The molecule has 170 valence electrons. The predicted octanol–water partition coefficient (Wildman–Crippen LogP) is 5.04. The van der Waals surface area contributed by atoms with Crippen LogP contribution in [0.2, 0.25) is 5.02 Å². The van der Waals surface area contributed by atoms with Crippen LogP contribution in [0.1, 0.15) is 48.9 Å². The third kappa shape index (κ3) is 5.63. The molecule has 0 bridgehead atoms. The lowest BCUT2D eigenvalue weighted by molar-refractivity contribution is -0.136. The highest BCUT2D eigenvalue weighted by molar-refractivity contribution is 6.30. The van der Waals surface area contributed by atoms with Gasteiger partial charge < -0.3 is 14.5 Å². The molecule has 2 amide bonds. The van der Waals surface area contributed by atoms with Crippen LogP contribution in [0.5, 0.6) is 5.75 Å². The Morgan fingerprint density at radius 2 is 1.66 bits per heavy atom. The van der Waals surface area contributed by atoms with Crippen LogP contribution in [0, 0.1) is 5.41 Å². The normalized spacial score (nSPS) is 21.3. The standard InChI is InChI=1S/C26H31ClN2O3/c27-22-10-7-9-21(17-22)25(31)29-16-8-13-26(19-29,20-32-23-11-3-1-4-12-23)18-24(30)28-14-5-2-6-15-28/h1,3-4,7,9-12,17H,2,5-6,8,13-16,18-20H2. The van der Waals surface area contributed by atoms with Crippen LogP contribution >= 0.6 is 11.6 Å². The molecule has 1 unspecified atom stereocenters. The van der Waals surface area contributed by atoms with Crippen LogP contribution < -0.4 is 4.74 Å². The Labute approximate surface area is 195 Å². The van der Waals surface area contributed by atoms with Crippen molar-refractivity contribution in [2.75, 3.05) is 32.8 Å². The summed E-state index contributed by atoms with van der Waals surface area (Å²) in [6, 6.07) is 16.8. The fourth-order valence-corrected chi connectivity index (χ4v) is 5.02. The number of hydrogen-bond acceptors (Lipinski definition) is 3. The Morgan fingerprint density at radius 1 is 0.906 bits per heavy atom. The second kappa shape index (κ2) is 10.4. The summed E-state index contributed by atoms with van der Waals surface area (Å²) in [5, 5.41) is 0.548. The van der Waals surface area contributed by atoms with E-state index in [1.807, 2.05) is 40.1 Å². The molecule has 0 spiro atoms. The van der Waals surface area contributed by atoms with Gasteiger partial charge in [0.15, 0.2) is 0 Å². The maximum absolute atomic E-state index is 13.2. The van der Waals surface area contributed by atoms with Crippen molar-refractivity contribution in [2.45, 2.75) is 38.5 Å². The first-order valence-electron chi connectivity index (χ1n) is 11.6. The monoisotopic (exact) mass is 454 g/mol. The Balaban J connectivity index is 1.52. The summed E-state index contributed by atoms with van der Waals surface area (Å²) in [6.07, 6.45) is 5.43. The van der Waals surface area contributed by atoms with Gasteiger partial charge in [-0.25, -0.2) is 0 Å². The van der Waals surface area contributed by atoms with Gasteiger partial charge in [0.2, 0.25) is 5.91 Å². The first-order chi connectivity index (χ1) is 15.5. The van der Waals surface area contributed by atoms with E-state index >= 15 is 0 Å². The Hall–Kier alpha value is -2.53. The number of nitrogens with zero attached hydrogens (tertiary/aromatic N) is 2. The summed E-state index contributed by atoms with van der Waals surface area (Å²) in [4.78, 5) is 30.3. The zero-order chi connectivity index (χ0) is 22.4. The van der Waals surface area contributed by atoms with Crippen molar-refractivity contribution >= 4 is 23.4 Å². The van der Waals surface area contributed by atoms with Crippen LogP contribution in [0.15, 0.2) is 54.6 Å². The second-order valence-corrected chi connectivity index (χ2v) is 9.50. The minimum atomic E-state index is -0.406. The minimum Gasteiger partial charge on any atom is -0.493 e. The summed E-state index contributed by atoms with van der Waals surface area (Å²) in [5.74, 6) is 0.927.